The van der Waals surface area contributed by atoms with Crippen LogP contribution >= 0.6 is 0 Å². The Morgan fingerprint density at radius 1 is 1.43 bits per heavy atom. The fraction of sp³-hybridized carbons (Fsp3) is 0.500. The van der Waals surface area contributed by atoms with E-state index in [0.717, 1.165) is 17.7 Å². The molecule has 0 aliphatic heterocycles. The molecular formula is C18H23NO2. The molecule has 2 rings (SSSR count). The molecule has 3 nitrogen and oxygen atoms in total. The molecule has 1 fully saturated rings. The van der Waals surface area contributed by atoms with E-state index in [9.17, 15) is 4.79 Å². The standard InChI is InChI=1S/C18H23NO2/c1-3-9-18(10-11-18)13-19-17(21)16-8-4-6-15(14(16)2)7-5-12-20/h4,6,8,20H,3,9-13H2,1-2H3,(H,19,21). The van der Waals surface area contributed by atoms with Crippen LogP contribution in [0.5, 0.6) is 0 Å². The maximum absolute atomic E-state index is 12.4. The van der Waals surface area contributed by atoms with Gasteiger partial charge >= 0.3 is 0 Å². The minimum atomic E-state index is -0.171. The topological polar surface area (TPSA) is 49.3 Å². The van der Waals surface area contributed by atoms with Gasteiger partial charge in [-0.1, -0.05) is 31.3 Å². The molecule has 1 aliphatic carbocycles. The van der Waals surface area contributed by atoms with Crippen LogP contribution in [0.25, 0.3) is 0 Å². The SMILES string of the molecule is CCCC1(CNC(=O)c2cccc(C#CCO)c2C)CC1. The van der Waals surface area contributed by atoms with Gasteiger partial charge in [0.25, 0.3) is 5.91 Å². The normalized spacial score (nSPS) is 15.0. The predicted octanol–water partition coefficient (Wildman–Crippen LogP) is 2.65. The second-order valence-corrected chi connectivity index (χ2v) is 5.87. The van der Waals surface area contributed by atoms with Crippen LogP contribution in [-0.2, 0) is 0 Å². The first kappa shape index (κ1) is 15.6. The Morgan fingerprint density at radius 2 is 2.19 bits per heavy atom. The molecule has 1 aromatic rings. The molecule has 0 unspecified atom stereocenters. The van der Waals surface area contributed by atoms with Crippen LogP contribution in [-0.4, -0.2) is 24.2 Å². The molecule has 3 heteroatoms. The van der Waals surface area contributed by atoms with E-state index in [2.05, 4.69) is 24.1 Å². The molecule has 0 atom stereocenters. The number of nitrogens with one attached hydrogen (secondary N) is 1. The molecule has 0 aromatic heterocycles. The molecule has 112 valence electrons. The van der Waals surface area contributed by atoms with Crippen molar-refractivity contribution in [1.29, 1.82) is 0 Å². The smallest absolute Gasteiger partial charge is 0.251 e. The number of amides is 1. The van der Waals surface area contributed by atoms with Crippen molar-refractivity contribution in [2.45, 2.75) is 39.5 Å². The van der Waals surface area contributed by atoms with E-state index in [4.69, 9.17) is 5.11 Å². The van der Waals surface area contributed by atoms with Crippen LogP contribution in [0.15, 0.2) is 18.2 Å². The summed E-state index contributed by atoms with van der Waals surface area (Å²) < 4.78 is 0. The lowest BCUT2D eigenvalue weighted by Crippen LogP contribution is -2.30. The third kappa shape index (κ3) is 3.86. The summed E-state index contributed by atoms with van der Waals surface area (Å²) in [6.45, 7) is 4.69. The quantitative estimate of drug-likeness (QED) is 0.817. The van der Waals surface area contributed by atoms with E-state index in [1.807, 2.05) is 25.1 Å². The Hall–Kier alpha value is -1.79. The first-order valence-corrected chi connectivity index (χ1v) is 7.59. The van der Waals surface area contributed by atoms with Gasteiger partial charge in [0.1, 0.15) is 6.61 Å². The summed E-state index contributed by atoms with van der Waals surface area (Å²) in [7, 11) is 0. The predicted molar refractivity (Wildman–Crippen MR) is 84.1 cm³/mol. The Bertz CT molecular complexity index is 577. The molecule has 1 saturated carbocycles. The zero-order valence-electron chi connectivity index (χ0n) is 12.8. The van der Waals surface area contributed by atoms with Crippen LogP contribution < -0.4 is 5.32 Å². The van der Waals surface area contributed by atoms with E-state index >= 15 is 0 Å². The zero-order valence-corrected chi connectivity index (χ0v) is 12.8. The second-order valence-electron chi connectivity index (χ2n) is 5.87. The van der Waals surface area contributed by atoms with E-state index in [0.29, 0.717) is 11.0 Å². The molecule has 21 heavy (non-hydrogen) atoms. The van der Waals surface area contributed by atoms with Gasteiger partial charge in [0, 0.05) is 17.7 Å². The lowest BCUT2D eigenvalue weighted by atomic mass is 9.99. The summed E-state index contributed by atoms with van der Waals surface area (Å²) in [4.78, 5) is 12.4. The number of hydrogen-bond donors (Lipinski definition) is 2. The Labute approximate surface area is 126 Å². The maximum Gasteiger partial charge on any atom is 0.251 e. The molecule has 0 heterocycles. The number of carbonyl (C=O) groups is 1. The molecule has 1 aliphatic rings. The van der Waals surface area contributed by atoms with E-state index < -0.39 is 0 Å². The van der Waals surface area contributed by atoms with Crippen molar-refractivity contribution in [2.24, 2.45) is 5.41 Å². The lowest BCUT2D eigenvalue weighted by Gasteiger charge is -2.16. The fourth-order valence-electron chi connectivity index (χ4n) is 2.74. The van der Waals surface area contributed by atoms with Gasteiger partial charge in [-0.3, -0.25) is 4.79 Å². The highest BCUT2D eigenvalue weighted by Gasteiger charge is 2.41. The van der Waals surface area contributed by atoms with Crippen LogP contribution in [0.3, 0.4) is 0 Å². The van der Waals surface area contributed by atoms with Crippen molar-refractivity contribution in [2.75, 3.05) is 13.2 Å². The summed E-state index contributed by atoms with van der Waals surface area (Å²) in [5, 5.41) is 11.8. The van der Waals surface area contributed by atoms with Gasteiger partial charge < -0.3 is 10.4 Å². The first-order chi connectivity index (χ1) is 10.1. The number of aliphatic hydroxyl groups excluding tert-OH is 1. The van der Waals surface area contributed by atoms with Crippen molar-refractivity contribution < 1.29 is 9.90 Å². The van der Waals surface area contributed by atoms with Gasteiger partial charge in [0.15, 0.2) is 0 Å². The van der Waals surface area contributed by atoms with Gasteiger partial charge in [-0.25, -0.2) is 0 Å². The second kappa shape index (κ2) is 6.78. The van der Waals surface area contributed by atoms with Crippen LogP contribution in [0.2, 0.25) is 0 Å². The largest absolute Gasteiger partial charge is 0.384 e. The molecule has 0 radical (unpaired) electrons. The van der Waals surface area contributed by atoms with Crippen LogP contribution in [0.1, 0.15) is 54.1 Å². The summed E-state index contributed by atoms with van der Waals surface area (Å²) in [6, 6.07) is 5.53. The number of benzene rings is 1. The first-order valence-electron chi connectivity index (χ1n) is 7.59. The van der Waals surface area contributed by atoms with E-state index in [1.54, 1.807) is 0 Å². The average Bonchev–Trinajstić information content (AvgIpc) is 3.24. The van der Waals surface area contributed by atoms with Crippen LogP contribution in [0.4, 0.5) is 0 Å². The molecule has 2 N–H and O–H groups in total. The minimum Gasteiger partial charge on any atom is -0.384 e. The Balaban J connectivity index is 2.06. The summed E-state index contributed by atoms with van der Waals surface area (Å²) >= 11 is 0. The van der Waals surface area contributed by atoms with Crippen molar-refractivity contribution in [3.05, 3.63) is 34.9 Å². The van der Waals surface area contributed by atoms with Crippen molar-refractivity contribution in [1.82, 2.24) is 5.32 Å². The van der Waals surface area contributed by atoms with Gasteiger partial charge in [-0.15, -0.1) is 0 Å². The number of carbonyl (C=O) groups excluding carboxylic acids is 1. The molecule has 1 aromatic carbocycles. The highest BCUT2D eigenvalue weighted by molar-refractivity contribution is 5.96. The number of hydrogen-bond acceptors (Lipinski definition) is 2. The molecule has 0 bridgehead atoms. The van der Waals surface area contributed by atoms with Gasteiger partial charge in [0.05, 0.1) is 0 Å². The van der Waals surface area contributed by atoms with Crippen molar-refractivity contribution in [3.8, 4) is 11.8 Å². The van der Waals surface area contributed by atoms with Crippen molar-refractivity contribution >= 4 is 5.91 Å². The average molecular weight is 285 g/mol. The summed E-state index contributed by atoms with van der Waals surface area (Å²) in [5.41, 5.74) is 2.70. The third-order valence-corrected chi connectivity index (χ3v) is 4.24. The lowest BCUT2D eigenvalue weighted by molar-refractivity contribution is 0.0943. The number of rotatable bonds is 5. The Kier molecular flexibility index (Phi) is 5.03. The molecular weight excluding hydrogens is 262 g/mol. The van der Waals surface area contributed by atoms with E-state index in [1.165, 1.54) is 25.7 Å². The highest BCUT2D eigenvalue weighted by Crippen LogP contribution is 2.48. The monoisotopic (exact) mass is 285 g/mol. The van der Waals surface area contributed by atoms with E-state index in [-0.39, 0.29) is 12.5 Å². The third-order valence-electron chi connectivity index (χ3n) is 4.24. The number of aliphatic hydroxyl groups is 1. The van der Waals surface area contributed by atoms with Crippen molar-refractivity contribution in [3.63, 3.8) is 0 Å². The Morgan fingerprint density at radius 3 is 2.81 bits per heavy atom. The maximum atomic E-state index is 12.4. The summed E-state index contributed by atoms with van der Waals surface area (Å²) in [6.07, 6.45) is 4.81. The van der Waals surface area contributed by atoms with Gasteiger partial charge in [-0.2, -0.15) is 0 Å². The van der Waals surface area contributed by atoms with Gasteiger partial charge in [-0.05, 0) is 49.3 Å². The molecule has 1 amide bonds. The highest BCUT2D eigenvalue weighted by atomic mass is 16.2. The summed E-state index contributed by atoms with van der Waals surface area (Å²) in [5.74, 6) is 5.49. The molecule has 0 saturated heterocycles. The fourth-order valence-corrected chi connectivity index (χ4v) is 2.74. The zero-order chi connectivity index (χ0) is 15.3. The molecule has 0 spiro atoms. The van der Waals surface area contributed by atoms with Gasteiger partial charge in [0.2, 0.25) is 0 Å². The minimum absolute atomic E-state index is 0.0254. The van der Waals surface area contributed by atoms with Crippen LogP contribution in [0, 0.1) is 24.2 Å².